The van der Waals surface area contributed by atoms with Crippen LogP contribution in [0.3, 0.4) is 0 Å². The minimum absolute atomic E-state index is 0.0589. The van der Waals surface area contributed by atoms with Crippen molar-refractivity contribution in [3.63, 3.8) is 0 Å². The zero-order valence-electron chi connectivity index (χ0n) is 14.0. The first-order chi connectivity index (χ1) is 12.4. The van der Waals surface area contributed by atoms with Crippen LogP contribution in [0.15, 0.2) is 66.1 Å². The number of esters is 1. The summed E-state index contributed by atoms with van der Waals surface area (Å²) in [5.74, 6) is -2.44. The number of fused-ring (bicyclic) bond motifs is 1. The largest absolute Gasteiger partial charge is 0.463 e. The number of rotatable bonds is 3. The lowest BCUT2D eigenvalue weighted by molar-refractivity contribution is -0.138. The molecule has 1 aliphatic rings. The van der Waals surface area contributed by atoms with Gasteiger partial charge in [-0.05, 0) is 29.3 Å². The van der Waals surface area contributed by atoms with Crippen LogP contribution in [0.5, 0.6) is 0 Å². The molecule has 0 aliphatic carbocycles. The molecular formula is C20H17F3O3. The molecule has 2 aromatic rings. The summed E-state index contributed by atoms with van der Waals surface area (Å²) in [5, 5.41) is 1.94. The fourth-order valence-corrected chi connectivity index (χ4v) is 2.88. The first kappa shape index (κ1) is 18.0. The molecule has 1 aliphatic heterocycles. The summed E-state index contributed by atoms with van der Waals surface area (Å²) in [6.45, 7) is 1.76. The van der Waals surface area contributed by atoms with Gasteiger partial charge in [-0.25, -0.2) is 4.79 Å². The molecule has 136 valence electrons. The molecule has 3 rings (SSSR count). The van der Waals surface area contributed by atoms with E-state index in [0.29, 0.717) is 0 Å². The lowest BCUT2D eigenvalue weighted by atomic mass is 9.90. The van der Waals surface area contributed by atoms with Crippen molar-refractivity contribution in [3.05, 3.63) is 71.7 Å². The quantitative estimate of drug-likeness (QED) is 0.553. The molecule has 0 radical (unpaired) electrons. The van der Waals surface area contributed by atoms with Crippen molar-refractivity contribution in [2.75, 3.05) is 6.61 Å². The summed E-state index contributed by atoms with van der Waals surface area (Å²) < 4.78 is 49.3. The van der Waals surface area contributed by atoms with E-state index in [4.69, 9.17) is 9.47 Å². The van der Waals surface area contributed by atoms with Crippen LogP contribution in [0.25, 0.3) is 10.8 Å². The summed E-state index contributed by atoms with van der Waals surface area (Å²) >= 11 is 0. The second-order valence-electron chi connectivity index (χ2n) is 5.91. The number of alkyl halides is 3. The molecule has 0 saturated heterocycles. The van der Waals surface area contributed by atoms with E-state index in [1.54, 1.807) is 13.0 Å². The average molecular weight is 362 g/mol. The van der Waals surface area contributed by atoms with Gasteiger partial charge in [-0.3, -0.25) is 0 Å². The summed E-state index contributed by atoms with van der Waals surface area (Å²) in [6.07, 6.45) is -2.44. The van der Waals surface area contributed by atoms with Crippen LogP contribution in [0.2, 0.25) is 0 Å². The monoisotopic (exact) mass is 362 g/mol. The molecule has 0 unspecified atom stereocenters. The topological polar surface area (TPSA) is 35.5 Å². The first-order valence-corrected chi connectivity index (χ1v) is 8.19. The van der Waals surface area contributed by atoms with Crippen molar-refractivity contribution in [2.45, 2.75) is 25.4 Å². The van der Waals surface area contributed by atoms with Gasteiger partial charge in [-0.2, -0.15) is 13.2 Å². The van der Waals surface area contributed by atoms with E-state index in [1.807, 2.05) is 36.4 Å². The fraction of sp³-hybridized carbons (Fsp3) is 0.250. The van der Waals surface area contributed by atoms with Crippen LogP contribution in [0.4, 0.5) is 13.2 Å². The maximum Gasteiger partial charge on any atom is 0.449 e. The van der Waals surface area contributed by atoms with E-state index >= 15 is 0 Å². The summed E-state index contributed by atoms with van der Waals surface area (Å²) in [7, 11) is 0. The second-order valence-corrected chi connectivity index (χ2v) is 5.91. The lowest BCUT2D eigenvalue weighted by Gasteiger charge is -2.25. The van der Waals surface area contributed by atoms with Gasteiger partial charge < -0.3 is 9.47 Å². The molecule has 0 N–H and O–H groups in total. The Kier molecular flexibility index (Phi) is 5.02. The molecule has 0 spiro atoms. The standard InChI is InChI=1S/C20H17F3O3/c1-2-25-19(24)12-17-10-16(11-18(26-17)20(21,22)23)15-8-7-13-5-3-4-6-14(13)9-15/h3-9,11-12,16H,2,10H2,1H3/b17-12-/t16-/m0/s1. The third kappa shape index (κ3) is 4.07. The molecule has 0 fully saturated rings. The predicted octanol–water partition coefficient (Wildman–Crippen LogP) is 5.24. The number of hydrogen-bond donors (Lipinski definition) is 0. The smallest absolute Gasteiger partial charge is 0.449 e. The van der Waals surface area contributed by atoms with Gasteiger partial charge in [0, 0.05) is 12.3 Å². The van der Waals surface area contributed by atoms with Crippen molar-refractivity contribution in [1.29, 1.82) is 0 Å². The van der Waals surface area contributed by atoms with Crippen molar-refractivity contribution >= 4 is 16.7 Å². The van der Waals surface area contributed by atoms with Crippen LogP contribution in [-0.2, 0) is 14.3 Å². The molecule has 0 saturated carbocycles. The number of halogens is 3. The Balaban J connectivity index is 1.98. The summed E-state index contributed by atoms with van der Waals surface area (Å²) in [6, 6.07) is 13.1. The van der Waals surface area contributed by atoms with Gasteiger partial charge >= 0.3 is 12.1 Å². The van der Waals surface area contributed by atoms with Gasteiger partial charge in [0.2, 0.25) is 5.76 Å². The zero-order valence-corrected chi connectivity index (χ0v) is 14.0. The highest BCUT2D eigenvalue weighted by atomic mass is 19.4. The number of carbonyl (C=O) groups excluding carboxylic acids is 1. The molecule has 2 aromatic carbocycles. The van der Waals surface area contributed by atoms with Gasteiger partial charge in [-0.1, -0.05) is 42.5 Å². The number of benzene rings is 2. The molecule has 6 heteroatoms. The maximum atomic E-state index is 13.2. The Morgan fingerprint density at radius 3 is 2.65 bits per heavy atom. The van der Waals surface area contributed by atoms with Crippen LogP contribution >= 0.6 is 0 Å². The van der Waals surface area contributed by atoms with Gasteiger partial charge in [0.1, 0.15) is 5.76 Å². The molecule has 0 aromatic heterocycles. The van der Waals surface area contributed by atoms with Crippen LogP contribution in [0.1, 0.15) is 24.8 Å². The number of hydrogen-bond acceptors (Lipinski definition) is 3. The molecule has 1 atom stereocenters. The Bertz CT molecular complexity index is 881. The zero-order chi connectivity index (χ0) is 18.7. The van der Waals surface area contributed by atoms with E-state index < -0.39 is 23.8 Å². The maximum absolute atomic E-state index is 13.2. The fourth-order valence-electron chi connectivity index (χ4n) is 2.88. The first-order valence-electron chi connectivity index (χ1n) is 8.19. The SMILES string of the molecule is CCOC(=O)/C=C1/C[C@H](c2ccc3ccccc3c2)C=C(C(F)(F)F)O1. The van der Waals surface area contributed by atoms with Crippen molar-refractivity contribution < 1.29 is 27.4 Å². The normalized spacial score (nSPS) is 19.2. The number of ether oxygens (including phenoxy) is 2. The third-order valence-electron chi connectivity index (χ3n) is 4.06. The Labute approximate surface area is 148 Å². The molecule has 1 heterocycles. The minimum Gasteiger partial charge on any atom is -0.463 e. The van der Waals surface area contributed by atoms with Crippen molar-refractivity contribution in [1.82, 2.24) is 0 Å². The van der Waals surface area contributed by atoms with Crippen LogP contribution in [0, 0.1) is 0 Å². The van der Waals surface area contributed by atoms with E-state index in [0.717, 1.165) is 28.5 Å². The molecule has 0 bridgehead atoms. The second kappa shape index (κ2) is 7.23. The highest BCUT2D eigenvalue weighted by Crippen LogP contribution is 2.39. The summed E-state index contributed by atoms with van der Waals surface area (Å²) in [4.78, 5) is 11.6. The highest BCUT2D eigenvalue weighted by Gasteiger charge is 2.40. The van der Waals surface area contributed by atoms with Crippen LogP contribution in [-0.4, -0.2) is 18.8 Å². The highest BCUT2D eigenvalue weighted by molar-refractivity contribution is 5.83. The van der Waals surface area contributed by atoms with Gasteiger partial charge in [-0.15, -0.1) is 0 Å². The lowest BCUT2D eigenvalue weighted by Crippen LogP contribution is -2.21. The van der Waals surface area contributed by atoms with E-state index in [1.165, 1.54) is 0 Å². The van der Waals surface area contributed by atoms with E-state index in [2.05, 4.69) is 0 Å². The Hall–Kier alpha value is -2.76. The van der Waals surface area contributed by atoms with Gasteiger partial charge in [0.25, 0.3) is 0 Å². The molecule has 26 heavy (non-hydrogen) atoms. The number of allylic oxidation sites excluding steroid dienone is 3. The van der Waals surface area contributed by atoms with Gasteiger partial charge in [0.15, 0.2) is 0 Å². The summed E-state index contributed by atoms with van der Waals surface area (Å²) in [5.41, 5.74) is 0.725. The Morgan fingerprint density at radius 1 is 1.23 bits per heavy atom. The van der Waals surface area contributed by atoms with Crippen LogP contribution < -0.4 is 0 Å². The Morgan fingerprint density at radius 2 is 1.96 bits per heavy atom. The minimum atomic E-state index is -4.64. The predicted molar refractivity (Wildman–Crippen MR) is 91.2 cm³/mol. The van der Waals surface area contributed by atoms with Crippen molar-refractivity contribution in [3.8, 4) is 0 Å². The molecular weight excluding hydrogens is 345 g/mol. The average Bonchev–Trinajstić information content (AvgIpc) is 2.60. The van der Waals surface area contributed by atoms with Crippen molar-refractivity contribution in [2.24, 2.45) is 0 Å². The molecule has 0 amide bonds. The van der Waals surface area contributed by atoms with E-state index in [9.17, 15) is 18.0 Å². The molecule has 3 nitrogen and oxygen atoms in total. The third-order valence-corrected chi connectivity index (χ3v) is 4.06. The van der Waals surface area contributed by atoms with E-state index in [-0.39, 0.29) is 18.8 Å². The number of carbonyl (C=O) groups is 1. The van der Waals surface area contributed by atoms with Gasteiger partial charge in [0.05, 0.1) is 12.7 Å².